The van der Waals surface area contributed by atoms with E-state index in [1.54, 1.807) is 42.5 Å². The fourth-order valence-electron chi connectivity index (χ4n) is 2.02. The normalized spacial score (nSPS) is 11.7. The number of anilines is 1. The summed E-state index contributed by atoms with van der Waals surface area (Å²) in [6.45, 7) is 1.64. The van der Waals surface area contributed by atoms with Crippen molar-refractivity contribution in [2.45, 2.75) is 13.0 Å². The smallest absolute Gasteiger partial charge is 0.251 e. The number of carbonyl (C=O) groups excluding carboxylic acids is 2. The van der Waals surface area contributed by atoms with Crippen LogP contribution in [0.2, 0.25) is 0 Å². The Morgan fingerprint density at radius 2 is 1.88 bits per heavy atom. The number of carbonyl (C=O) groups is 2. The van der Waals surface area contributed by atoms with E-state index in [-0.39, 0.29) is 11.8 Å². The number of rotatable bonds is 5. The van der Waals surface area contributed by atoms with Crippen molar-refractivity contribution < 1.29 is 9.59 Å². The van der Waals surface area contributed by atoms with Crippen LogP contribution in [0.5, 0.6) is 0 Å². The second-order valence-corrected chi connectivity index (χ2v) is 6.87. The van der Waals surface area contributed by atoms with Crippen LogP contribution < -0.4 is 10.6 Å². The highest BCUT2D eigenvalue weighted by Gasteiger charge is 2.18. The lowest BCUT2D eigenvalue weighted by atomic mass is 10.2. The Morgan fingerprint density at radius 1 is 1.08 bits per heavy atom. The number of nitrogens with zero attached hydrogens (tertiary/aromatic N) is 1. The van der Waals surface area contributed by atoms with Gasteiger partial charge >= 0.3 is 0 Å². The van der Waals surface area contributed by atoms with Gasteiger partial charge in [-0.1, -0.05) is 24.3 Å². The molecule has 2 aromatic heterocycles. The van der Waals surface area contributed by atoms with Crippen LogP contribution in [0.25, 0.3) is 10.6 Å². The zero-order valence-electron chi connectivity index (χ0n) is 12.9. The van der Waals surface area contributed by atoms with Crippen LogP contribution in [-0.4, -0.2) is 22.8 Å². The number of hydrogen-bond acceptors (Lipinski definition) is 5. The van der Waals surface area contributed by atoms with E-state index < -0.39 is 6.04 Å². The van der Waals surface area contributed by atoms with E-state index in [0.29, 0.717) is 10.7 Å². The molecule has 0 radical (unpaired) electrons. The van der Waals surface area contributed by atoms with E-state index in [0.717, 1.165) is 10.6 Å². The number of amides is 2. The average Bonchev–Trinajstić information content (AvgIpc) is 3.26. The largest absolute Gasteiger partial charge is 0.341 e. The van der Waals surface area contributed by atoms with Crippen molar-refractivity contribution in [2.24, 2.45) is 0 Å². The molecule has 0 saturated heterocycles. The van der Waals surface area contributed by atoms with Crippen molar-refractivity contribution in [3.63, 3.8) is 0 Å². The summed E-state index contributed by atoms with van der Waals surface area (Å²) in [5, 5.41) is 9.81. The number of thiophene rings is 1. The summed E-state index contributed by atoms with van der Waals surface area (Å²) in [6, 6.07) is 12.1. The number of thiazole rings is 1. The topological polar surface area (TPSA) is 71.1 Å². The van der Waals surface area contributed by atoms with Gasteiger partial charge in [0.25, 0.3) is 5.91 Å². The number of nitrogens with one attached hydrogen (secondary N) is 2. The molecule has 2 amide bonds. The third-order valence-corrected chi connectivity index (χ3v) is 4.93. The van der Waals surface area contributed by atoms with Gasteiger partial charge in [0.15, 0.2) is 5.13 Å². The first kappa shape index (κ1) is 16.4. The summed E-state index contributed by atoms with van der Waals surface area (Å²) in [5.74, 6) is -0.581. The van der Waals surface area contributed by atoms with Crippen LogP contribution in [0.1, 0.15) is 17.3 Å². The summed E-state index contributed by atoms with van der Waals surface area (Å²) in [5.41, 5.74) is 1.36. The lowest BCUT2D eigenvalue weighted by Crippen LogP contribution is -2.41. The highest BCUT2D eigenvalue weighted by molar-refractivity contribution is 7.16. The second-order valence-electron chi connectivity index (χ2n) is 5.07. The van der Waals surface area contributed by atoms with Crippen molar-refractivity contribution in [1.29, 1.82) is 0 Å². The molecule has 1 unspecified atom stereocenters. The quantitative estimate of drug-likeness (QED) is 0.732. The minimum atomic E-state index is -0.660. The van der Waals surface area contributed by atoms with E-state index in [9.17, 15) is 9.59 Å². The molecule has 1 aromatic carbocycles. The number of benzene rings is 1. The van der Waals surface area contributed by atoms with E-state index in [4.69, 9.17) is 0 Å². The lowest BCUT2D eigenvalue weighted by Gasteiger charge is -2.12. The third-order valence-electron chi connectivity index (χ3n) is 3.28. The fourth-order valence-corrected chi connectivity index (χ4v) is 3.49. The van der Waals surface area contributed by atoms with E-state index in [1.165, 1.54) is 11.3 Å². The van der Waals surface area contributed by atoms with Crippen molar-refractivity contribution in [2.75, 3.05) is 5.32 Å². The first-order chi connectivity index (χ1) is 11.6. The Kier molecular flexibility index (Phi) is 5.02. The summed E-state index contributed by atoms with van der Waals surface area (Å²) in [4.78, 5) is 29.7. The molecule has 122 valence electrons. The van der Waals surface area contributed by atoms with Gasteiger partial charge in [0, 0.05) is 10.9 Å². The van der Waals surface area contributed by atoms with Gasteiger partial charge in [-0.3, -0.25) is 9.59 Å². The van der Waals surface area contributed by atoms with Crippen LogP contribution in [0.3, 0.4) is 0 Å². The Bertz CT molecular complexity index is 829. The maximum atomic E-state index is 12.2. The molecule has 0 aliphatic heterocycles. The molecule has 0 saturated carbocycles. The molecule has 3 aromatic rings. The molecule has 0 aliphatic carbocycles. The van der Waals surface area contributed by atoms with Crippen LogP contribution in [-0.2, 0) is 4.79 Å². The van der Waals surface area contributed by atoms with Gasteiger partial charge in [0.2, 0.25) is 5.91 Å². The van der Waals surface area contributed by atoms with Crippen LogP contribution in [0.4, 0.5) is 5.13 Å². The van der Waals surface area contributed by atoms with Crippen molar-refractivity contribution in [3.05, 3.63) is 58.8 Å². The lowest BCUT2D eigenvalue weighted by molar-refractivity contribution is -0.117. The number of aromatic nitrogens is 1. The molecule has 1 atom stereocenters. The van der Waals surface area contributed by atoms with Crippen LogP contribution in [0.15, 0.2) is 53.2 Å². The minimum absolute atomic E-state index is 0.281. The summed E-state index contributed by atoms with van der Waals surface area (Å²) in [6.07, 6.45) is 0. The maximum Gasteiger partial charge on any atom is 0.251 e. The SMILES string of the molecule is CC(NC(=O)c1ccccc1)C(=O)Nc1nc(-c2cccs2)cs1. The van der Waals surface area contributed by atoms with Crippen LogP contribution >= 0.6 is 22.7 Å². The molecule has 5 nitrogen and oxygen atoms in total. The van der Waals surface area contributed by atoms with E-state index >= 15 is 0 Å². The van der Waals surface area contributed by atoms with Gasteiger partial charge in [-0.25, -0.2) is 4.98 Å². The van der Waals surface area contributed by atoms with Gasteiger partial charge in [-0.05, 0) is 30.5 Å². The Labute approximate surface area is 147 Å². The molecule has 24 heavy (non-hydrogen) atoms. The van der Waals surface area contributed by atoms with Gasteiger partial charge in [0.05, 0.1) is 10.6 Å². The Hall–Kier alpha value is -2.51. The fraction of sp³-hybridized carbons (Fsp3) is 0.118. The van der Waals surface area contributed by atoms with E-state index in [1.807, 2.05) is 29.0 Å². The highest BCUT2D eigenvalue weighted by Crippen LogP contribution is 2.28. The molecular formula is C17H15N3O2S2. The maximum absolute atomic E-state index is 12.2. The molecule has 3 rings (SSSR count). The molecule has 0 spiro atoms. The third kappa shape index (κ3) is 3.87. The first-order valence-corrected chi connectivity index (χ1v) is 9.05. The van der Waals surface area contributed by atoms with Gasteiger partial charge in [-0.15, -0.1) is 22.7 Å². The monoisotopic (exact) mass is 357 g/mol. The van der Waals surface area contributed by atoms with Gasteiger partial charge in [0.1, 0.15) is 6.04 Å². The second kappa shape index (κ2) is 7.37. The average molecular weight is 357 g/mol. The molecule has 2 heterocycles. The summed E-state index contributed by atoms with van der Waals surface area (Å²) < 4.78 is 0. The Balaban J connectivity index is 1.59. The van der Waals surface area contributed by atoms with Crippen molar-refractivity contribution in [3.8, 4) is 10.6 Å². The molecule has 0 bridgehead atoms. The number of hydrogen-bond donors (Lipinski definition) is 2. The minimum Gasteiger partial charge on any atom is -0.341 e. The zero-order valence-corrected chi connectivity index (χ0v) is 14.5. The van der Waals surface area contributed by atoms with Gasteiger partial charge < -0.3 is 10.6 Å². The molecular weight excluding hydrogens is 342 g/mol. The van der Waals surface area contributed by atoms with Crippen molar-refractivity contribution in [1.82, 2.24) is 10.3 Å². The molecule has 7 heteroatoms. The standard InChI is InChI=1S/C17H15N3O2S2/c1-11(18-16(22)12-6-3-2-4-7-12)15(21)20-17-19-13(10-24-17)14-8-5-9-23-14/h2-11H,1H3,(H,18,22)(H,19,20,21). The predicted molar refractivity (Wildman–Crippen MR) is 97.4 cm³/mol. The predicted octanol–water partition coefficient (Wildman–Crippen LogP) is 3.63. The Morgan fingerprint density at radius 3 is 2.58 bits per heavy atom. The summed E-state index contributed by atoms with van der Waals surface area (Å²) in [7, 11) is 0. The molecule has 2 N–H and O–H groups in total. The summed E-state index contributed by atoms with van der Waals surface area (Å²) >= 11 is 2.95. The van der Waals surface area contributed by atoms with Gasteiger partial charge in [-0.2, -0.15) is 0 Å². The van der Waals surface area contributed by atoms with Crippen molar-refractivity contribution >= 4 is 39.6 Å². The highest BCUT2D eigenvalue weighted by atomic mass is 32.1. The first-order valence-electron chi connectivity index (χ1n) is 7.29. The van der Waals surface area contributed by atoms with Crippen LogP contribution in [0, 0.1) is 0 Å². The zero-order chi connectivity index (χ0) is 16.9. The van der Waals surface area contributed by atoms with E-state index in [2.05, 4.69) is 15.6 Å². The molecule has 0 aliphatic rings. The molecule has 0 fully saturated rings.